The van der Waals surface area contributed by atoms with Crippen LogP contribution < -0.4 is 0 Å². The lowest BCUT2D eigenvalue weighted by Crippen LogP contribution is -2.14. The van der Waals surface area contributed by atoms with Crippen LogP contribution in [-0.2, 0) is 12.8 Å². The van der Waals surface area contributed by atoms with Crippen molar-refractivity contribution in [3.8, 4) is 0 Å². The fraction of sp³-hybridized carbons (Fsp3) is 0.267. The van der Waals surface area contributed by atoms with Gasteiger partial charge in [-0.2, -0.15) is 0 Å². The molecule has 0 saturated heterocycles. The zero-order valence-corrected chi connectivity index (χ0v) is 10.4. The molecule has 1 aromatic carbocycles. The summed E-state index contributed by atoms with van der Waals surface area (Å²) in [5.74, 6) is -1.23. The number of rotatable bonds is 5. The van der Waals surface area contributed by atoms with E-state index in [9.17, 15) is 13.9 Å². The van der Waals surface area contributed by atoms with Gasteiger partial charge < -0.3 is 5.11 Å². The van der Waals surface area contributed by atoms with Gasteiger partial charge in [-0.05, 0) is 37.1 Å². The van der Waals surface area contributed by atoms with Crippen LogP contribution in [-0.4, -0.2) is 16.2 Å². The van der Waals surface area contributed by atoms with Gasteiger partial charge in [0.15, 0.2) is 0 Å². The second-order valence-corrected chi connectivity index (χ2v) is 4.42. The Morgan fingerprint density at radius 2 is 1.79 bits per heavy atom. The number of aliphatic hydroxyl groups excluding tert-OH is 1. The van der Waals surface area contributed by atoms with E-state index >= 15 is 0 Å². The second-order valence-electron chi connectivity index (χ2n) is 4.42. The highest BCUT2D eigenvalue weighted by Crippen LogP contribution is 2.16. The number of hydrogen-bond donors (Lipinski definition) is 1. The van der Waals surface area contributed by atoms with Crippen molar-refractivity contribution in [2.45, 2.75) is 25.4 Å². The Morgan fingerprint density at radius 3 is 2.42 bits per heavy atom. The van der Waals surface area contributed by atoms with Crippen molar-refractivity contribution < 1.29 is 13.9 Å². The Bertz CT molecular complexity index is 511. The Morgan fingerprint density at radius 1 is 1.05 bits per heavy atom. The van der Waals surface area contributed by atoms with Crippen molar-refractivity contribution in [3.05, 3.63) is 65.5 Å². The number of hydrogen-bond acceptors (Lipinski definition) is 2. The summed E-state index contributed by atoms with van der Waals surface area (Å²) in [6, 6.07) is 9.25. The van der Waals surface area contributed by atoms with E-state index in [2.05, 4.69) is 4.98 Å². The van der Waals surface area contributed by atoms with Gasteiger partial charge in [0.05, 0.1) is 6.10 Å². The average molecular weight is 263 g/mol. The van der Waals surface area contributed by atoms with Crippen molar-refractivity contribution in [3.63, 3.8) is 0 Å². The highest BCUT2D eigenvalue weighted by atomic mass is 19.1. The van der Waals surface area contributed by atoms with Crippen LogP contribution in [0.3, 0.4) is 0 Å². The molecule has 1 atom stereocenters. The van der Waals surface area contributed by atoms with Crippen LogP contribution in [0, 0.1) is 11.6 Å². The molecular formula is C15H15F2NO. The summed E-state index contributed by atoms with van der Waals surface area (Å²) in [5.41, 5.74) is 0.798. The maximum Gasteiger partial charge on any atom is 0.129 e. The summed E-state index contributed by atoms with van der Waals surface area (Å²) >= 11 is 0. The van der Waals surface area contributed by atoms with Crippen LogP contribution in [0.4, 0.5) is 8.78 Å². The zero-order chi connectivity index (χ0) is 13.7. The first-order valence-electron chi connectivity index (χ1n) is 6.17. The molecule has 2 nitrogen and oxygen atoms in total. The number of aliphatic hydroxyl groups is 1. The molecule has 0 radical (unpaired) electrons. The van der Waals surface area contributed by atoms with E-state index in [4.69, 9.17) is 0 Å². The van der Waals surface area contributed by atoms with Crippen LogP contribution in [0.2, 0.25) is 0 Å². The maximum absolute atomic E-state index is 13.4. The molecule has 0 bridgehead atoms. The van der Waals surface area contributed by atoms with Crippen LogP contribution in [0.25, 0.3) is 0 Å². The minimum absolute atomic E-state index is 0.0225. The van der Waals surface area contributed by atoms with Crippen molar-refractivity contribution in [1.29, 1.82) is 0 Å². The SMILES string of the molecule is OC(CCc1ccccn1)Cc1c(F)cccc1F. The molecule has 1 unspecified atom stereocenters. The van der Waals surface area contributed by atoms with E-state index in [0.29, 0.717) is 12.8 Å². The van der Waals surface area contributed by atoms with E-state index in [-0.39, 0.29) is 12.0 Å². The van der Waals surface area contributed by atoms with Gasteiger partial charge in [-0.1, -0.05) is 12.1 Å². The van der Waals surface area contributed by atoms with Gasteiger partial charge in [-0.15, -0.1) is 0 Å². The summed E-state index contributed by atoms with van der Waals surface area (Å²) < 4.78 is 26.8. The van der Waals surface area contributed by atoms with Gasteiger partial charge in [0.1, 0.15) is 11.6 Å². The predicted octanol–water partition coefficient (Wildman–Crippen LogP) is 2.90. The molecule has 0 amide bonds. The standard InChI is InChI=1S/C15H15F2NO/c16-14-5-3-6-15(17)13(14)10-12(19)8-7-11-4-1-2-9-18-11/h1-6,9,12,19H,7-8,10H2. The molecular weight excluding hydrogens is 248 g/mol. The van der Waals surface area contributed by atoms with E-state index in [0.717, 1.165) is 5.69 Å². The molecule has 2 aromatic rings. The van der Waals surface area contributed by atoms with Crippen molar-refractivity contribution in [1.82, 2.24) is 4.98 Å². The fourth-order valence-electron chi connectivity index (χ4n) is 1.93. The minimum Gasteiger partial charge on any atom is -0.393 e. The Hall–Kier alpha value is -1.81. The van der Waals surface area contributed by atoms with Crippen LogP contribution in [0.5, 0.6) is 0 Å². The van der Waals surface area contributed by atoms with Gasteiger partial charge in [0, 0.05) is 23.9 Å². The maximum atomic E-state index is 13.4. The van der Waals surface area contributed by atoms with Gasteiger partial charge >= 0.3 is 0 Å². The van der Waals surface area contributed by atoms with Gasteiger partial charge in [0.25, 0.3) is 0 Å². The molecule has 0 aliphatic carbocycles. The second kappa shape index (κ2) is 6.38. The zero-order valence-electron chi connectivity index (χ0n) is 10.4. The minimum atomic E-state index is -0.784. The highest BCUT2D eigenvalue weighted by molar-refractivity contribution is 5.20. The Balaban J connectivity index is 1.93. The number of pyridine rings is 1. The van der Waals surface area contributed by atoms with Crippen molar-refractivity contribution >= 4 is 0 Å². The molecule has 100 valence electrons. The number of halogens is 2. The van der Waals surface area contributed by atoms with E-state index in [1.807, 2.05) is 18.2 Å². The summed E-state index contributed by atoms with van der Waals surface area (Å²) in [6.07, 6.45) is 1.88. The molecule has 1 N–H and O–H groups in total. The predicted molar refractivity (Wildman–Crippen MR) is 68.6 cm³/mol. The third kappa shape index (κ3) is 3.83. The first-order chi connectivity index (χ1) is 9.16. The van der Waals surface area contributed by atoms with E-state index in [1.165, 1.54) is 18.2 Å². The van der Waals surface area contributed by atoms with Gasteiger partial charge in [-0.3, -0.25) is 4.98 Å². The number of aryl methyl sites for hydroxylation is 1. The largest absolute Gasteiger partial charge is 0.393 e. The van der Waals surface area contributed by atoms with Gasteiger partial charge in [0.2, 0.25) is 0 Å². The molecule has 0 fully saturated rings. The first-order valence-corrected chi connectivity index (χ1v) is 6.17. The third-order valence-corrected chi connectivity index (χ3v) is 2.96. The smallest absolute Gasteiger partial charge is 0.129 e. The molecule has 1 aromatic heterocycles. The lowest BCUT2D eigenvalue weighted by atomic mass is 10.0. The summed E-state index contributed by atoms with van der Waals surface area (Å²) in [5, 5.41) is 9.85. The summed E-state index contributed by atoms with van der Waals surface area (Å²) in [6.45, 7) is 0. The molecule has 19 heavy (non-hydrogen) atoms. The fourth-order valence-corrected chi connectivity index (χ4v) is 1.93. The monoisotopic (exact) mass is 263 g/mol. The molecule has 0 saturated carbocycles. The quantitative estimate of drug-likeness (QED) is 0.899. The average Bonchev–Trinajstić information content (AvgIpc) is 2.42. The number of nitrogens with zero attached hydrogens (tertiary/aromatic N) is 1. The first kappa shape index (κ1) is 13.6. The van der Waals surface area contributed by atoms with E-state index in [1.54, 1.807) is 6.20 Å². The van der Waals surface area contributed by atoms with Crippen LogP contribution >= 0.6 is 0 Å². The molecule has 2 rings (SSSR count). The summed E-state index contributed by atoms with van der Waals surface area (Å²) in [4.78, 5) is 4.13. The highest BCUT2D eigenvalue weighted by Gasteiger charge is 2.13. The van der Waals surface area contributed by atoms with Crippen LogP contribution in [0.1, 0.15) is 17.7 Å². The topological polar surface area (TPSA) is 33.1 Å². The molecule has 0 aliphatic heterocycles. The Labute approximate surface area is 110 Å². The number of benzene rings is 1. The van der Waals surface area contributed by atoms with E-state index < -0.39 is 17.7 Å². The molecule has 0 aliphatic rings. The van der Waals surface area contributed by atoms with Crippen molar-refractivity contribution in [2.24, 2.45) is 0 Å². The Kier molecular flexibility index (Phi) is 4.58. The summed E-state index contributed by atoms with van der Waals surface area (Å²) in [7, 11) is 0. The number of aromatic nitrogens is 1. The van der Waals surface area contributed by atoms with Crippen LogP contribution in [0.15, 0.2) is 42.6 Å². The molecule has 1 heterocycles. The molecule has 0 spiro atoms. The van der Waals surface area contributed by atoms with Gasteiger partial charge in [-0.25, -0.2) is 8.78 Å². The van der Waals surface area contributed by atoms with Crippen molar-refractivity contribution in [2.75, 3.05) is 0 Å². The lowest BCUT2D eigenvalue weighted by molar-refractivity contribution is 0.162. The lowest BCUT2D eigenvalue weighted by Gasteiger charge is -2.11. The normalized spacial score (nSPS) is 12.4. The third-order valence-electron chi connectivity index (χ3n) is 2.96. The molecule has 4 heteroatoms.